The van der Waals surface area contributed by atoms with E-state index in [2.05, 4.69) is 16.1 Å². The highest BCUT2D eigenvalue weighted by Gasteiger charge is 2.29. The van der Waals surface area contributed by atoms with Gasteiger partial charge in [0.05, 0.1) is 18.9 Å². The van der Waals surface area contributed by atoms with Crippen LogP contribution in [-0.4, -0.2) is 60.3 Å². The number of amides is 1. The molecule has 0 atom stereocenters. The maximum Gasteiger partial charge on any atom is 0.223 e. The third kappa shape index (κ3) is 3.98. The minimum atomic E-state index is 0.308. The van der Waals surface area contributed by atoms with Gasteiger partial charge in [0, 0.05) is 38.0 Å². The van der Waals surface area contributed by atoms with Crippen LogP contribution in [0.15, 0.2) is 10.6 Å². The first-order valence-corrected chi connectivity index (χ1v) is 9.31. The van der Waals surface area contributed by atoms with E-state index in [4.69, 9.17) is 9.26 Å². The van der Waals surface area contributed by atoms with Crippen LogP contribution in [0.25, 0.3) is 0 Å². The Labute approximate surface area is 143 Å². The lowest BCUT2D eigenvalue weighted by molar-refractivity contribution is -0.136. The molecule has 0 radical (unpaired) electrons. The first kappa shape index (κ1) is 16.1. The molecule has 6 nitrogen and oxygen atoms in total. The summed E-state index contributed by atoms with van der Waals surface area (Å²) in [5.41, 5.74) is 1.06. The monoisotopic (exact) mass is 333 g/mol. The third-order valence-corrected chi connectivity index (χ3v) is 5.48. The van der Waals surface area contributed by atoms with Crippen LogP contribution in [0.2, 0.25) is 0 Å². The van der Waals surface area contributed by atoms with Crippen molar-refractivity contribution in [1.82, 2.24) is 15.0 Å². The van der Waals surface area contributed by atoms with Gasteiger partial charge in [-0.3, -0.25) is 9.69 Å². The molecule has 1 aromatic heterocycles. The summed E-state index contributed by atoms with van der Waals surface area (Å²) in [7, 11) is 0. The van der Waals surface area contributed by atoms with Crippen molar-refractivity contribution in [1.29, 1.82) is 0 Å². The second kappa shape index (κ2) is 7.23. The summed E-state index contributed by atoms with van der Waals surface area (Å²) in [5.74, 6) is 2.53. The number of rotatable bonds is 5. The van der Waals surface area contributed by atoms with E-state index in [1.54, 1.807) is 0 Å². The highest BCUT2D eigenvalue weighted by Crippen LogP contribution is 2.40. The quantitative estimate of drug-likeness (QED) is 0.825. The van der Waals surface area contributed by atoms with Crippen molar-refractivity contribution in [2.24, 2.45) is 5.92 Å². The van der Waals surface area contributed by atoms with Gasteiger partial charge in [-0.2, -0.15) is 0 Å². The van der Waals surface area contributed by atoms with Crippen molar-refractivity contribution >= 4 is 5.91 Å². The summed E-state index contributed by atoms with van der Waals surface area (Å²) in [6.45, 7) is 5.86. The summed E-state index contributed by atoms with van der Waals surface area (Å²) < 4.78 is 10.8. The van der Waals surface area contributed by atoms with Crippen molar-refractivity contribution in [3.63, 3.8) is 0 Å². The van der Waals surface area contributed by atoms with Crippen LogP contribution in [0.3, 0.4) is 0 Å². The van der Waals surface area contributed by atoms with Crippen LogP contribution in [0.4, 0.5) is 0 Å². The fraction of sp³-hybridized carbons (Fsp3) is 0.778. The van der Waals surface area contributed by atoms with E-state index in [0.717, 1.165) is 57.0 Å². The second-order valence-electron chi connectivity index (χ2n) is 7.41. The van der Waals surface area contributed by atoms with Crippen molar-refractivity contribution < 1.29 is 14.1 Å². The lowest BCUT2D eigenvalue weighted by atomic mass is 9.93. The molecule has 1 saturated carbocycles. The molecular formula is C18H27N3O3. The Kier molecular flexibility index (Phi) is 4.85. The first-order chi connectivity index (χ1) is 11.8. The average molecular weight is 333 g/mol. The van der Waals surface area contributed by atoms with Gasteiger partial charge in [-0.15, -0.1) is 0 Å². The van der Waals surface area contributed by atoms with Crippen LogP contribution < -0.4 is 0 Å². The molecule has 6 heteroatoms. The largest absolute Gasteiger partial charge is 0.378 e. The molecule has 0 bridgehead atoms. The van der Waals surface area contributed by atoms with Gasteiger partial charge < -0.3 is 14.2 Å². The van der Waals surface area contributed by atoms with Gasteiger partial charge in [0.1, 0.15) is 5.76 Å². The number of aromatic nitrogens is 1. The molecule has 3 fully saturated rings. The van der Waals surface area contributed by atoms with E-state index >= 15 is 0 Å². The molecule has 3 aliphatic rings. The summed E-state index contributed by atoms with van der Waals surface area (Å²) >= 11 is 0. The van der Waals surface area contributed by atoms with E-state index in [0.29, 0.717) is 37.4 Å². The Morgan fingerprint density at radius 2 is 1.88 bits per heavy atom. The van der Waals surface area contributed by atoms with E-state index in [-0.39, 0.29) is 0 Å². The zero-order chi connectivity index (χ0) is 16.4. The maximum atomic E-state index is 12.3. The number of hydrogen-bond acceptors (Lipinski definition) is 5. The number of hydrogen-bond donors (Lipinski definition) is 0. The zero-order valence-corrected chi connectivity index (χ0v) is 14.3. The van der Waals surface area contributed by atoms with Gasteiger partial charge in [-0.05, 0) is 44.7 Å². The molecule has 24 heavy (non-hydrogen) atoms. The van der Waals surface area contributed by atoms with Gasteiger partial charge in [-0.25, -0.2) is 0 Å². The molecule has 1 amide bonds. The van der Waals surface area contributed by atoms with Crippen molar-refractivity contribution in [2.75, 3.05) is 39.4 Å². The summed E-state index contributed by atoms with van der Waals surface area (Å²) in [5, 5.41) is 4.21. The number of carbonyl (C=O) groups is 1. The van der Waals surface area contributed by atoms with Crippen LogP contribution in [0, 0.1) is 5.92 Å². The van der Waals surface area contributed by atoms with E-state index < -0.39 is 0 Å². The lowest BCUT2D eigenvalue weighted by Gasteiger charge is -2.33. The third-order valence-electron chi connectivity index (χ3n) is 5.48. The molecule has 1 aromatic rings. The Balaban J connectivity index is 1.20. The SMILES string of the molecule is O=C(CC1CCN(Cc2cc(C3CC3)on2)CC1)N1CCOCC1. The van der Waals surface area contributed by atoms with Crippen molar-refractivity contribution in [2.45, 2.75) is 44.6 Å². The molecule has 0 unspecified atom stereocenters. The molecule has 3 heterocycles. The molecular weight excluding hydrogens is 306 g/mol. The predicted molar refractivity (Wildman–Crippen MR) is 88.5 cm³/mol. The molecule has 0 N–H and O–H groups in total. The Hall–Kier alpha value is -1.40. The topological polar surface area (TPSA) is 58.8 Å². The average Bonchev–Trinajstić information content (AvgIpc) is 3.37. The first-order valence-electron chi connectivity index (χ1n) is 9.31. The standard InChI is InChI=1S/C18H27N3O3/c22-18(21-7-9-23-10-8-21)11-14-3-5-20(6-4-14)13-16-12-17(24-19-16)15-1-2-15/h12,14-15H,1-11,13H2. The predicted octanol–water partition coefficient (Wildman–Crippen LogP) is 2.01. The minimum Gasteiger partial charge on any atom is -0.378 e. The fourth-order valence-corrected chi connectivity index (χ4v) is 3.73. The molecule has 0 aromatic carbocycles. The summed E-state index contributed by atoms with van der Waals surface area (Å²) in [4.78, 5) is 16.7. The summed E-state index contributed by atoms with van der Waals surface area (Å²) in [6.07, 6.45) is 5.39. The number of ether oxygens (including phenoxy) is 1. The second-order valence-corrected chi connectivity index (χ2v) is 7.41. The molecule has 4 rings (SSSR count). The minimum absolute atomic E-state index is 0.308. The Morgan fingerprint density at radius 3 is 2.58 bits per heavy atom. The molecule has 1 aliphatic carbocycles. The van der Waals surface area contributed by atoms with E-state index in [1.165, 1.54) is 12.8 Å². The highest BCUT2D eigenvalue weighted by molar-refractivity contribution is 5.76. The van der Waals surface area contributed by atoms with Gasteiger partial charge in [0.15, 0.2) is 0 Å². The Morgan fingerprint density at radius 1 is 1.12 bits per heavy atom. The number of morpholine rings is 1. The highest BCUT2D eigenvalue weighted by atomic mass is 16.5. The fourth-order valence-electron chi connectivity index (χ4n) is 3.73. The van der Waals surface area contributed by atoms with Crippen LogP contribution in [0.1, 0.15) is 49.5 Å². The zero-order valence-electron chi connectivity index (χ0n) is 14.3. The number of likely N-dealkylation sites (tertiary alicyclic amines) is 1. The number of carbonyl (C=O) groups excluding carboxylic acids is 1. The van der Waals surface area contributed by atoms with E-state index in [9.17, 15) is 4.79 Å². The number of piperidine rings is 1. The molecule has 0 spiro atoms. The molecule has 2 saturated heterocycles. The van der Waals surface area contributed by atoms with Gasteiger partial charge in [0.25, 0.3) is 0 Å². The molecule has 2 aliphatic heterocycles. The Bertz CT molecular complexity index is 556. The van der Waals surface area contributed by atoms with Crippen LogP contribution >= 0.6 is 0 Å². The van der Waals surface area contributed by atoms with Crippen molar-refractivity contribution in [3.8, 4) is 0 Å². The van der Waals surface area contributed by atoms with Gasteiger partial charge >= 0.3 is 0 Å². The van der Waals surface area contributed by atoms with E-state index in [1.807, 2.05) is 4.90 Å². The lowest BCUT2D eigenvalue weighted by Crippen LogP contribution is -2.42. The van der Waals surface area contributed by atoms with Crippen molar-refractivity contribution in [3.05, 3.63) is 17.5 Å². The van der Waals surface area contributed by atoms with Gasteiger partial charge in [-0.1, -0.05) is 5.16 Å². The smallest absolute Gasteiger partial charge is 0.223 e. The van der Waals surface area contributed by atoms with Crippen LogP contribution in [0.5, 0.6) is 0 Å². The summed E-state index contributed by atoms with van der Waals surface area (Å²) in [6, 6.07) is 2.13. The molecule has 132 valence electrons. The van der Waals surface area contributed by atoms with Crippen LogP contribution in [-0.2, 0) is 16.1 Å². The van der Waals surface area contributed by atoms with Gasteiger partial charge in [0.2, 0.25) is 5.91 Å². The number of nitrogens with zero attached hydrogens (tertiary/aromatic N) is 3. The normalized spacial score (nSPS) is 23.6. The maximum absolute atomic E-state index is 12.3.